The van der Waals surface area contributed by atoms with Crippen LogP contribution in [0.15, 0.2) is 72.9 Å². The Labute approximate surface area is 160 Å². The molecule has 0 spiro atoms. The molecular formula is C21H18F3NO3. The van der Waals surface area contributed by atoms with Crippen molar-refractivity contribution >= 4 is 0 Å². The van der Waals surface area contributed by atoms with Crippen LogP contribution >= 0.6 is 0 Å². The molecule has 0 aliphatic rings. The van der Waals surface area contributed by atoms with Gasteiger partial charge in [0, 0.05) is 12.3 Å². The minimum Gasteiger partial charge on any atom is -0.490 e. The molecular weight excluding hydrogens is 371 g/mol. The topological polar surface area (TPSA) is 40.6 Å². The van der Waals surface area contributed by atoms with Gasteiger partial charge in [-0.3, -0.25) is 0 Å². The van der Waals surface area contributed by atoms with Crippen molar-refractivity contribution in [2.45, 2.75) is 19.2 Å². The summed E-state index contributed by atoms with van der Waals surface area (Å²) in [7, 11) is 0. The van der Waals surface area contributed by atoms with E-state index in [0.29, 0.717) is 11.5 Å². The van der Waals surface area contributed by atoms with Gasteiger partial charge in [-0.15, -0.1) is 0 Å². The number of alkyl halides is 3. The fourth-order valence-electron chi connectivity index (χ4n) is 2.33. The van der Waals surface area contributed by atoms with Crippen LogP contribution in [0.25, 0.3) is 0 Å². The van der Waals surface area contributed by atoms with Gasteiger partial charge in [-0.05, 0) is 49.4 Å². The van der Waals surface area contributed by atoms with E-state index in [4.69, 9.17) is 14.2 Å². The van der Waals surface area contributed by atoms with Crippen LogP contribution in [0.2, 0.25) is 0 Å². The van der Waals surface area contributed by atoms with Crippen LogP contribution in [-0.2, 0) is 6.18 Å². The Hall–Kier alpha value is -3.22. The summed E-state index contributed by atoms with van der Waals surface area (Å²) in [4.78, 5) is 3.81. The fourth-order valence-corrected chi connectivity index (χ4v) is 2.33. The first-order chi connectivity index (χ1) is 13.4. The number of benzene rings is 2. The lowest BCUT2D eigenvalue weighted by molar-refractivity contribution is -0.137. The maximum absolute atomic E-state index is 12.7. The molecule has 2 aromatic carbocycles. The highest BCUT2D eigenvalue weighted by atomic mass is 19.4. The maximum atomic E-state index is 12.7. The number of pyridine rings is 1. The number of para-hydroxylation sites is 1. The van der Waals surface area contributed by atoms with Gasteiger partial charge in [-0.25, -0.2) is 4.98 Å². The first-order valence-electron chi connectivity index (χ1n) is 8.56. The van der Waals surface area contributed by atoms with Gasteiger partial charge < -0.3 is 14.2 Å². The fraction of sp³-hybridized carbons (Fsp3) is 0.190. The first kappa shape index (κ1) is 19.5. The van der Waals surface area contributed by atoms with E-state index in [1.54, 1.807) is 31.2 Å². The van der Waals surface area contributed by atoms with Crippen molar-refractivity contribution in [3.63, 3.8) is 0 Å². The highest BCUT2D eigenvalue weighted by Crippen LogP contribution is 2.30. The molecule has 146 valence electrons. The van der Waals surface area contributed by atoms with Gasteiger partial charge in [0.15, 0.2) is 0 Å². The number of aromatic nitrogens is 1. The van der Waals surface area contributed by atoms with Crippen molar-refractivity contribution < 1.29 is 27.4 Å². The van der Waals surface area contributed by atoms with Gasteiger partial charge in [0.05, 0.1) is 5.56 Å². The Kier molecular flexibility index (Phi) is 6.03. The Bertz CT molecular complexity index is 883. The predicted molar refractivity (Wildman–Crippen MR) is 97.8 cm³/mol. The summed E-state index contributed by atoms with van der Waals surface area (Å²) >= 11 is 0. The lowest BCUT2D eigenvalue weighted by Crippen LogP contribution is -2.21. The van der Waals surface area contributed by atoms with Crippen LogP contribution in [0, 0.1) is 0 Å². The average molecular weight is 389 g/mol. The SMILES string of the molecule is CC(COc1ccc(Oc2ccccc2)cc1)Oc1cc(C(F)(F)F)ccn1. The molecule has 0 N–H and O–H groups in total. The van der Waals surface area contributed by atoms with E-state index in [9.17, 15) is 13.2 Å². The number of hydrogen-bond acceptors (Lipinski definition) is 4. The predicted octanol–water partition coefficient (Wildman–Crippen LogP) is 5.74. The summed E-state index contributed by atoms with van der Waals surface area (Å²) in [6.45, 7) is 1.84. The zero-order valence-corrected chi connectivity index (χ0v) is 15.0. The van der Waals surface area contributed by atoms with E-state index < -0.39 is 17.8 Å². The number of rotatable bonds is 7. The average Bonchev–Trinajstić information content (AvgIpc) is 2.68. The Morgan fingerprint density at radius 3 is 2.21 bits per heavy atom. The van der Waals surface area contributed by atoms with Gasteiger partial charge in [-0.1, -0.05) is 18.2 Å². The van der Waals surface area contributed by atoms with Crippen molar-refractivity contribution in [2.75, 3.05) is 6.61 Å². The lowest BCUT2D eigenvalue weighted by Gasteiger charge is -2.16. The van der Waals surface area contributed by atoms with Crippen LogP contribution in [0.3, 0.4) is 0 Å². The standard InChI is InChI=1S/C21H18F3NO3/c1-15(27-20-13-16(11-12-25-20)21(22,23)24)14-26-17-7-9-19(10-8-17)28-18-5-3-2-4-6-18/h2-13,15H,14H2,1H3. The largest absolute Gasteiger partial charge is 0.490 e. The van der Waals surface area contributed by atoms with Crippen molar-refractivity contribution in [1.82, 2.24) is 4.98 Å². The minimum atomic E-state index is -4.44. The number of nitrogens with zero attached hydrogens (tertiary/aromatic N) is 1. The normalized spacial score (nSPS) is 12.3. The molecule has 0 amide bonds. The molecule has 0 radical (unpaired) electrons. The third-order valence-corrected chi connectivity index (χ3v) is 3.67. The highest BCUT2D eigenvalue weighted by Gasteiger charge is 2.31. The van der Waals surface area contributed by atoms with Gasteiger partial charge in [0.1, 0.15) is 30.0 Å². The minimum absolute atomic E-state index is 0.0995. The summed E-state index contributed by atoms with van der Waals surface area (Å²) < 4.78 is 54.9. The lowest BCUT2D eigenvalue weighted by atomic mass is 10.2. The Morgan fingerprint density at radius 1 is 0.893 bits per heavy atom. The highest BCUT2D eigenvalue weighted by molar-refractivity contribution is 5.35. The molecule has 0 aliphatic heterocycles. The van der Waals surface area contributed by atoms with Crippen molar-refractivity contribution in [3.05, 3.63) is 78.5 Å². The molecule has 1 heterocycles. The summed E-state index contributed by atoms with van der Waals surface area (Å²) in [5.74, 6) is 1.88. The molecule has 0 fully saturated rings. The molecule has 3 rings (SSSR count). The second-order valence-electron chi connectivity index (χ2n) is 6.01. The maximum Gasteiger partial charge on any atom is 0.416 e. The number of halogens is 3. The number of ether oxygens (including phenoxy) is 3. The third-order valence-electron chi connectivity index (χ3n) is 3.67. The second-order valence-corrected chi connectivity index (χ2v) is 6.01. The van der Waals surface area contributed by atoms with E-state index in [1.807, 2.05) is 30.3 Å². The van der Waals surface area contributed by atoms with Gasteiger partial charge in [-0.2, -0.15) is 13.2 Å². The second kappa shape index (κ2) is 8.65. The van der Waals surface area contributed by atoms with Crippen molar-refractivity contribution in [3.8, 4) is 23.1 Å². The zero-order valence-electron chi connectivity index (χ0n) is 15.0. The van der Waals surface area contributed by atoms with E-state index >= 15 is 0 Å². The number of hydrogen-bond donors (Lipinski definition) is 0. The summed E-state index contributed by atoms with van der Waals surface area (Å²) in [5.41, 5.74) is -0.806. The van der Waals surface area contributed by atoms with Crippen LogP contribution in [0.5, 0.6) is 23.1 Å². The molecule has 7 heteroatoms. The zero-order chi connectivity index (χ0) is 20.0. The van der Waals surface area contributed by atoms with Crippen LogP contribution < -0.4 is 14.2 Å². The van der Waals surface area contributed by atoms with Gasteiger partial charge in [0.2, 0.25) is 5.88 Å². The first-order valence-corrected chi connectivity index (χ1v) is 8.56. The smallest absolute Gasteiger partial charge is 0.416 e. The molecule has 1 aromatic heterocycles. The van der Waals surface area contributed by atoms with E-state index in [2.05, 4.69) is 4.98 Å². The van der Waals surface area contributed by atoms with E-state index in [0.717, 1.165) is 24.1 Å². The molecule has 28 heavy (non-hydrogen) atoms. The van der Waals surface area contributed by atoms with Crippen LogP contribution in [-0.4, -0.2) is 17.7 Å². The third kappa shape index (κ3) is 5.64. The quantitative estimate of drug-likeness (QED) is 0.517. The van der Waals surface area contributed by atoms with Crippen LogP contribution in [0.1, 0.15) is 12.5 Å². The van der Waals surface area contributed by atoms with E-state index in [-0.39, 0.29) is 12.5 Å². The molecule has 0 bridgehead atoms. The van der Waals surface area contributed by atoms with Crippen molar-refractivity contribution in [1.29, 1.82) is 0 Å². The van der Waals surface area contributed by atoms with Gasteiger partial charge >= 0.3 is 6.18 Å². The summed E-state index contributed by atoms with van der Waals surface area (Å²) in [6, 6.07) is 18.2. The molecule has 0 saturated heterocycles. The summed E-state index contributed by atoms with van der Waals surface area (Å²) in [6.07, 6.45) is -3.86. The van der Waals surface area contributed by atoms with Crippen LogP contribution in [0.4, 0.5) is 13.2 Å². The van der Waals surface area contributed by atoms with Crippen molar-refractivity contribution in [2.24, 2.45) is 0 Å². The molecule has 1 unspecified atom stereocenters. The summed E-state index contributed by atoms with van der Waals surface area (Å²) in [5, 5.41) is 0. The molecule has 4 nitrogen and oxygen atoms in total. The van der Waals surface area contributed by atoms with E-state index in [1.165, 1.54) is 0 Å². The molecule has 0 aliphatic carbocycles. The molecule has 3 aromatic rings. The Morgan fingerprint density at radius 2 is 1.54 bits per heavy atom. The monoisotopic (exact) mass is 389 g/mol. The molecule has 1 atom stereocenters. The Balaban J connectivity index is 1.51. The van der Waals surface area contributed by atoms with Gasteiger partial charge in [0.25, 0.3) is 0 Å². The molecule has 0 saturated carbocycles.